The molecule has 5 heteroatoms. The van der Waals surface area contributed by atoms with E-state index in [1.54, 1.807) is 12.1 Å². The third-order valence-electron chi connectivity index (χ3n) is 5.30. The number of fused-ring (bicyclic) bond motifs is 1. The molecule has 0 aliphatic rings. The maximum atomic E-state index is 12.9. The second kappa shape index (κ2) is 9.76. The first-order chi connectivity index (χ1) is 15.2. The van der Waals surface area contributed by atoms with Crippen LogP contribution in [-0.2, 0) is 11.8 Å². The minimum Gasteiger partial charge on any atom is -0.338 e. The van der Waals surface area contributed by atoms with E-state index >= 15 is 0 Å². The van der Waals surface area contributed by atoms with Crippen molar-refractivity contribution in [2.24, 2.45) is 0 Å². The number of carbonyl (C=O) groups is 1. The number of anilines is 1. The molecule has 3 aromatic carbocycles. The lowest BCUT2D eigenvalue weighted by Gasteiger charge is -2.25. The molecule has 3 rings (SSSR count). The Morgan fingerprint density at radius 2 is 1.78 bits per heavy atom. The van der Waals surface area contributed by atoms with Crippen LogP contribution < -0.4 is 10.6 Å². The molecule has 0 aliphatic carbocycles. The molecule has 0 spiro atoms. The number of nitrogens with one attached hydrogen (secondary N) is 2. The molecule has 0 bridgehead atoms. The highest BCUT2D eigenvalue weighted by atomic mass is 32.1. The number of carbonyl (C=O) groups excluding carboxylic acids is 1. The topological polar surface area (TPSA) is 64.9 Å². The third-order valence-corrected chi connectivity index (χ3v) is 5.52. The number of nitriles is 1. The van der Waals surface area contributed by atoms with Gasteiger partial charge >= 0.3 is 0 Å². The van der Waals surface area contributed by atoms with Gasteiger partial charge in [0.2, 0.25) is 5.78 Å². The van der Waals surface area contributed by atoms with E-state index in [-0.39, 0.29) is 16.8 Å². The highest BCUT2D eigenvalue weighted by Gasteiger charge is 2.20. The number of para-hydroxylation sites is 1. The van der Waals surface area contributed by atoms with Gasteiger partial charge in [-0.2, -0.15) is 5.26 Å². The molecular weight excluding hydrogens is 414 g/mol. The number of Topliss-reactive ketones (excluding diaryl/α,β-unsaturated/α-hetero) is 1. The molecule has 2 N–H and O–H groups in total. The first kappa shape index (κ1) is 23.2. The van der Waals surface area contributed by atoms with Gasteiger partial charge in [-0.3, -0.25) is 4.79 Å². The quantitative estimate of drug-likeness (QED) is 0.211. The molecule has 0 fully saturated rings. The van der Waals surface area contributed by atoms with Gasteiger partial charge < -0.3 is 10.6 Å². The van der Waals surface area contributed by atoms with Crippen molar-refractivity contribution in [3.05, 3.63) is 89.1 Å². The average molecular weight is 442 g/mol. The number of nitrogens with zero attached hydrogens (tertiary/aromatic N) is 1. The van der Waals surface area contributed by atoms with Gasteiger partial charge in [-0.1, -0.05) is 82.3 Å². The Kier molecular flexibility index (Phi) is 7.07. The Bertz CT molecular complexity index is 1250. The van der Waals surface area contributed by atoms with Crippen LogP contribution in [0.3, 0.4) is 0 Å². The molecule has 32 heavy (non-hydrogen) atoms. The van der Waals surface area contributed by atoms with Crippen LogP contribution in [0.4, 0.5) is 5.69 Å². The second-order valence-electron chi connectivity index (χ2n) is 8.60. The molecule has 0 amide bonds. The summed E-state index contributed by atoms with van der Waals surface area (Å²) in [5, 5.41) is 18.1. The number of hydrogen-bond donors (Lipinski definition) is 2. The van der Waals surface area contributed by atoms with Crippen LogP contribution in [0.15, 0.2) is 72.4 Å². The fraction of sp³-hybridized carbons (Fsp3) is 0.222. The Morgan fingerprint density at radius 3 is 2.44 bits per heavy atom. The monoisotopic (exact) mass is 441 g/mol. The molecule has 162 valence electrons. The number of allylic oxidation sites excluding steroid dienone is 1. The Labute approximate surface area is 195 Å². The Morgan fingerprint density at radius 1 is 1.06 bits per heavy atom. The molecule has 0 heterocycles. The number of rotatable bonds is 5. The van der Waals surface area contributed by atoms with E-state index < -0.39 is 0 Å². The zero-order valence-corrected chi connectivity index (χ0v) is 19.6. The van der Waals surface area contributed by atoms with Gasteiger partial charge in [0.05, 0.1) is 0 Å². The van der Waals surface area contributed by atoms with E-state index in [1.165, 1.54) is 6.20 Å². The molecule has 0 aliphatic heterocycles. The summed E-state index contributed by atoms with van der Waals surface area (Å²) in [5.74, 6) is -0.349. The lowest BCUT2D eigenvalue weighted by Crippen LogP contribution is -2.27. The van der Waals surface area contributed by atoms with Crippen molar-refractivity contribution in [1.82, 2.24) is 5.32 Å². The van der Waals surface area contributed by atoms with Crippen LogP contribution in [0.2, 0.25) is 0 Å². The van der Waals surface area contributed by atoms with E-state index in [2.05, 4.69) is 56.5 Å². The number of ketones is 1. The lowest BCUT2D eigenvalue weighted by atomic mass is 9.84. The number of benzene rings is 3. The van der Waals surface area contributed by atoms with E-state index in [1.807, 2.05) is 36.4 Å². The standard InChI is InChI=1S/C27H27N3OS/c1-5-18-11-8-12-23(27(2,3)4)24(18)30-26(32)29-17-22(16-28)25(31)21-14-13-19-9-6-7-10-20(19)15-21/h6-15,17H,5H2,1-4H3,(H2,29,30,32)/b22-17+. The van der Waals surface area contributed by atoms with Crippen molar-refractivity contribution >= 4 is 39.6 Å². The zero-order valence-electron chi connectivity index (χ0n) is 18.8. The zero-order chi connectivity index (χ0) is 23.3. The highest BCUT2D eigenvalue weighted by molar-refractivity contribution is 7.80. The number of thiocarbonyl (C=S) groups is 1. The molecule has 0 aromatic heterocycles. The lowest BCUT2D eigenvalue weighted by molar-refractivity contribution is 0.103. The van der Waals surface area contributed by atoms with E-state index in [0.29, 0.717) is 10.7 Å². The van der Waals surface area contributed by atoms with Gasteiger partial charge in [0.15, 0.2) is 5.11 Å². The predicted octanol–water partition coefficient (Wildman–Crippen LogP) is 6.28. The normalized spacial score (nSPS) is 11.7. The van der Waals surface area contributed by atoms with E-state index in [9.17, 15) is 10.1 Å². The molecule has 0 atom stereocenters. The average Bonchev–Trinajstić information content (AvgIpc) is 2.78. The van der Waals surface area contributed by atoms with Crippen LogP contribution in [0, 0.1) is 11.3 Å². The maximum absolute atomic E-state index is 12.9. The van der Waals surface area contributed by atoms with Crippen molar-refractivity contribution in [3.8, 4) is 6.07 Å². The number of aryl methyl sites for hydroxylation is 1. The molecule has 0 radical (unpaired) electrons. The van der Waals surface area contributed by atoms with Crippen molar-refractivity contribution in [3.63, 3.8) is 0 Å². The minimum atomic E-state index is -0.349. The summed E-state index contributed by atoms with van der Waals surface area (Å²) in [4.78, 5) is 12.9. The minimum absolute atomic E-state index is 0.00995. The van der Waals surface area contributed by atoms with Crippen molar-refractivity contribution in [1.29, 1.82) is 5.26 Å². The van der Waals surface area contributed by atoms with Gasteiger partial charge in [-0.15, -0.1) is 0 Å². The van der Waals surface area contributed by atoms with Gasteiger partial charge in [0.25, 0.3) is 0 Å². The Hall–Kier alpha value is -3.49. The first-order valence-corrected chi connectivity index (χ1v) is 11.0. The van der Waals surface area contributed by atoms with Crippen molar-refractivity contribution in [2.75, 3.05) is 5.32 Å². The largest absolute Gasteiger partial charge is 0.338 e. The summed E-state index contributed by atoms with van der Waals surface area (Å²) in [6.07, 6.45) is 2.23. The molecule has 0 unspecified atom stereocenters. The van der Waals surface area contributed by atoms with E-state index in [4.69, 9.17) is 12.2 Å². The van der Waals surface area contributed by atoms with Crippen LogP contribution in [0.25, 0.3) is 10.8 Å². The Balaban J connectivity index is 1.81. The molecule has 0 saturated heterocycles. The number of hydrogen-bond acceptors (Lipinski definition) is 3. The van der Waals surface area contributed by atoms with E-state index in [0.717, 1.165) is 34.0 Å². The summed E-state index contributed by atoms with van der Waals surface area (Å²) in [6, 6.07) is 21.4. The van der Waals surface area contributed by atoms with Crippen LogP contribution in [-0.4, -0.2) is 10.9 Å². The molecule has 0 saturated carbocycles. The van der Waals surface area contributed by atoms with Gasteiger partial charge in [0, 0.05) is 17.5 Å². The maximum Gasteiger partial charge on any atom is 0.205 e. The highest BCUT2D eigenvalue weighted by Crippen LogP contribution is 2.32. The third kappa shape index (κ3) is 5.22. The molecule has 4 nitrogen and oxygen atoms in total. The van der Waals surface area contributed by atoms with Gasteiger partial charge in [-0.05, 0) is 52.0 Å². The summed E-state index contributed by atoms with van der Waals surface area (Å²) < 4.78 is 0. The SMILES string of the molecule is CCc1cccc(C(C)(C)C)c1NC(=S)N/C=C(\C#N)C(=O)c1ccc2ccccc2c1. The summed E-state index contributed by atoms with van der Waals surface area (Å²) in [7, 11) is 0. The van der Waals surface area contributed by atoms with Crippen molar-refractivity contribution in [2.45, 2.75) is 39.5 Å². The summed E-state index contributed by atoms with van der Waals surface area (Å²) >= 11 is 5.47. The van der Waals surface area contributed by atoms with Crippen molar-refractivity contribution < 1.29 is 4.79 Å². The summed E-state index contributed by atoms with van der Waals surface area (Å²) in [5.41, 5.74) is 3.65. The fourth-order valence-electron chi connectivity index (χ4n) is 3.59. The second-order valence-corrected chi connectivity index (χ2v) is 9.01. The predicted molar refractivity (Wildman–Crippen MR) is 136 cm³/mol. The fourth-order valence-corrected chi connectivity index (χ4v) is 3.75. The smallest absolute Gasteiger partial charge is 0.205 e. The van der Waals surface area contributed by atoms with Crippen LogP contribution in [0.1, 0.15) is 49.2 Å². The molecule has 3 aromatic rings. The first-order valence-electron chi connectivity index (χ1n) is 10.6. The van der Waals surface area contributed by atoms with Gasteiger partial charge in [-0.25, -0.2) is 0 Å². The summed E-state index contributed by atoms with van der Waals surface area (Å²) in [6.45, 7) is 8.55. The van der Waals surface area contributed by atoms with Crippen LogP contribution >= 0.6 is 12.2 Å². The van der Waals surface area contributed by atoms with Gasteiger partial charge in [0.1, 0.15) is 11.6 Å². The van der Waals surface area contributed by atoms with Crippen LogP contribution in [0.5, 0.6) is 0 Å². The molecular formula is C27H27N3OS.